The number of ether oxygens (including phenoxy) is 1. The van der Waals surface area contributed by atoms with Gasteiger partial charge in [-0.3, -0.25) is 4.79 Å². The normalized spacial score (nSPS) is 19.5. The standard InChI is InChI=1S/C22H26N2O3/c1-14-10-11-16-17(15-8-6-5-7-9-15)13-19(20(25)23-18(16)12-14)24-21(26)27-22(2,3)4/h5-12,17,19H,13H2,1-4H3,(H,23,25)(H,24,26). The highest BCUT2D eigenvalue weighted by atomic mass is 16.6. The summed E-state index contributed by atoms with van der Waals surface area (Å²) >= 11 is 0. The number of fused-ring (bicyclic) bond motifs is 1. The molecule has 0 aromatic heterocycles. The van der Waals surface area contributed by atoms with Crippen LogP contribution in [0.4, 0.5) is 10.5 Å². The van der Waals surface area contributed by atoms with Crippen molar-refractivity contribution in [1.82, 2.24) is 5.32 Å². The van der Waals surface area contributed by atoms with E-state index in [1.165, 1.54) is 0 Å². The van der Waals surface area contributed by atoms with Crippen LogP contribution in [0.5, 0.6) is 0 Å². The number of alkyl carbamates (subject to hydrolysis) is 1. The summed E-state index contributed by atoms with van der Waals surface area (Å²) < 4.78 is 5.34. The molecule has 1 heterocycles. The van der Waals surface area contributed by atoms with Crippen LogP contribution >= 0.6 is 0 Å². The van der Waals surface area contributed by atoms with Crippen LogP contribution in [-0.2, 0) is 9.53 Å². The van der Waals surface area contributed by atoms with Crippen molar-refractivity contribution in [2.24, 2.45) is 0 Å². The number of benzene rings is 2. The lowest BCUT2D eigenvalue weighted by Gasteiger charge is -2.24. The molecule has 1 aliphatic rings. The molecule has 0 saturated carbocycles. The molecule has 3 rings (SSSR count). The molecule has 0 bridgehead atoms. The van der Waals surface area contributed by atoms with Gasteiger partial charge in [0.2, 0.25) is 5.91 Å². The zero-order valence-corrected chi connectivity index (χ0v) is 16.2. The number of anilines is 1. The Bertz CT molecular complexity index is 840. The predicted molar refractivity (Wildman–Crippen MR) is 106 cm³/mol. The number of nitrogens with one attached hydrogen (secondary N) is 2. The highest BCUT2D eigenvalue weighted by molar-refractivity contribution is 5.98. The number of carbonyl (C=O) groups is 2. The van der Waals surface area contributed by atoms with Crippen molar-refractivity contribution in [3.63, 3.8) is 0 Å². The molecular weight excluding hydrogens is 340 g/mol. The molecule has 2 atom stereocenters. The highest BCUT2D eigenvalue weighted by Crippen LogP contribution is 2.37. The number of carbonyl (C=O) groups excluding carboxylic acids is 2. The maximum Gasteiger partial charge on any atom is 0.408 e. The first-order valence-corrected chi connectivity index (χ1v) is 9.19. The van der Waals surface area contributed by atoms with Gasteiger partial charge < -0.3 is 15.4 Å². The zero-order chi connectivity index (χ0) is 19.6. The van der Waals surface area contributed by atoms with Crippen LogP contribution in [0.15, 0.2) is 48.5 Å². The molecular formula is C22H26N2O3. The molecule has 0 radical (unpaired) electrons. The molecule has 0 aliphatic carbocycles. The van der Waals surface area contributed by atoms with Crippen LogP contribution in [0.1, 0.15) is 49.8 Å². The third-order valence-electron chi connectivity index (χ3n) is 4.52. The fourth-order valence-corrected chi connectivity index (χ4v) is 3.35. The third-order valence-corrected chi connectivity index (χ3v) is 4.52. The molecule has 27 heavy (non-hydrogen) atoms. The van der Waals surface area contributed by atoms with Crippen molar-refractivity contribution in [1.29, 1.82) is 0 Å². The minimum atomic E-state index is -0.683. The van der Waals surface area contributed by atoms with Gasteiger partial charge in [-0.25, -0.2) is 4.79 Å². The minimum absolute atomic E-state index is 0.0133. The van der Waals surface area contributed by atoms with E-state index in [4.69, 9.17) is 4.74 Å². The van der Waals surface area contributed by atoms with E-state index in [0.29, 0.717) is 6.42 Å². The molecule has 0 fully saturated rings. The van der Waals surface area contributed by atoms with Crippen molar-refractivity contribution in [3.05, 3.63) is 65.2 Å². The van der Waals surface area contributed by atoms with Gasteiger partial charge in [0.25, 0.3) is 0 Å². The summed E-state index contributed by atoms with van der Waals surface area (Å²) in [5.41, 5.74) is 3.40. The van der Waals surface area contributed by atoms with Gasteiger partial charge in [0.15, 0.2) is 0 Å². The smallest absolute Gasteiger partial charge is 0.408 e. The predicted octanol–water partition coefficient (Wildman–Crippen LogP) is 4.36. The fourth-order valence-electron chi connectivity index (χ4n) is 3.35. The number of hydrogen-bond acceptors (Lipinski definition) is 3. The van der Waals surface area contributed by atoms with Crippen molar-refractivity contribution in [3.8, 4) is 0 Å². The Balaban J connectivity index is 1.93. The lowest BCUT2D eigenvalue weighted by Crippen LogP contribution is -2.45. The van der Waals surface area contributed by atoms with Gasteiger partial charge in [0.1, 0.15) is 11.6 Å². The Morgan fingerprint density at radius 2 is 1.85 bits per heavy atom. The van der Waals surface area contributed by atoms with Crippen molar-refractivity contribution >= 4 is 17.7 Å². The summed E-state index contributed by atoms with van der Waals surface area (Å²) in [6.45, 7) is 7.38. The third kappa shape index (κ3) is 4.67. The van der Waals surface area contributed by atoms with E-state index in [2.05, 4.69) is 28.8 Å². The van der Waals surface area contributed by atoms with Crippen molar-refractivity contribution in [2.75, 3.05) is 5.32 Å². The Kier molecular flexibility index (Phi) is 5.22. The van der Waals surface area contributed by atoms with Gasteiger partial charge in [-0.05, 0) is 56.9 Å². The van der Waals surface area contributed by atoms with Gasteiger partial charge in [-0.15, -0.1) is 0 Å². The second kappa shape index (κ2) is 7.43. The van der Waals surface area contributed by atoms with Crippen LogP contribution < -0.4 is 10.6 Å². The molecule has 2 aromatic rings. The highest BCUT2D eigenvalue weighted by Gasteiger charge is 2.33. The second-order valence-electron chi connectivity index (χ2n) is 7.98. The topological polar surface area (TPSA) is 67.4 Å². The largest absolute Gasteiger partial charge is 0.444 e. The summed E-state index contributed by atoms with van der Waals surface area (Å²) in [4.78, 5) is 25.0. The zero-order valence-electron chi connectivity index (χ0n) is 16.2. The van der Waals surface area contributed by atoms with E-state index < -0.39 is 17.7 Å². The van der Waals surface area contributed by atoms with Crippen molar-refractivity contribution in [2.45, 2.75) is 51.7 Å². The SMILES string of the molecule is Cc1ccc2c(c1)NC(=O)C(NC(=O)OC(C)(C)C)CC2c1ccccc1. The fraction of sp³-hybridized carbons (Fsp3) is 0.364. The van der Waals surface area contributed by atoms with E-state index in [1.54, 1.807) is 20.8 Å². The summed E-state index contributed by atoms with van der Waals surface area (Å²) in [5.74, 6) is -0.244. The quantitative estimate of drug-likeness (QED) is 0.830. The Morgan fingerprint density at radius 3 is 2.52 bits per heavy atom. The first-order chi connectivity index (χ1) is 12.7. The van der Waals surface area contributed by atoms with Crippen molar-refractivity contribution < 1.29 is 14.3 Å². The molecule has 0 spiro atoms. The average molecular weight is 366 g/mol. The average Bonchev–Trinajstić information content (AvgIpc) is 2.70. The number of rotatable bonds is 2. The minimum Gasteiger partial charge on any atom is -0.444 e. The van der Waals surface area contributed by atoms with Gasteiger partial charge in [0, 0.05) is 11.6 Å². The molecule has 1 aliphatic heterocycles. The lowest BCUT2D eigenvalue weighted by molar-refractivity contribution is -0.118. The van der Waals surface area contributed by atoms with E-state index in [1.807, 2.05) is 37.3 Å². The van der Waals surface area contributed by atoms with E-state index in [-0.39, 0.29) is 11.8 Å². The van der Waals surface area contributed by atoms with Crippen LogP contribution in [0.3, 0.4) is 0 Å². The van der Waals surface area contributed by atoms with Crippen LogP contribution in [-0.4, -0.2) is 23.6 Å². The Labute approximate surface area is 160 Å². The summed E-state index contributed by atoms with van der Waals surface area (Å²) in [7, 11) is 0. The monoisotopic (exact) mass is 366 g/mol. The van der Waals surface area contributed by atoms with Gasteiger partial charge in [-0.2, -0.15) is 0 Å². The molecule has 0 saturated heterocycles. The maximum atomic E-state index is 12.8. The first-order valence-electron chi connectivity index (χ1n) is 9.19. The van der Waals surface area contributed by atoms with Gasteiger partial charge in [0.05, 0.1) is 0 Å². The molecule has 2 N–H and O–H groups in total. The maximum absolute atomic E-state index is 12.8. The molecule has 5 nitrogen and oxygen atoms in total. The molecule has 2 amide bonds. The molecule has 5 heteroatoms. The van der Waals surface area contributed by atoms with E-state index in [0.717, 1.165) is 22.4 Å². The van der Waals surface area contributed by atoms with Crippen LogP contribution in [0.25, 0.3) is 0 Å². The second-order valence-corrected chi connectivity index (χ2v) is 7.98. The lowest BCUT2D eigenvalue weighted by atomic mass is 9.86. The first kappa shape index (κ1) is 19.0. The summed E-state index contributed by atoms with van der Waals surface area (Å²) in [6, 6.07) is 15.4. The van der Waals surface area contributed by atoms with Crippen LogP contribution in [0, 0.1) is 6.92 Å². The number of hydrogen-bond donors (Lipinski definition) is 2. The molecule has 2 unspecified atom stereocenters. The van der Waals surface area contributed by atoms with E-state index in [9.17, 15) is 9.59 Å². The van der Waals surface area contributed by atoms with Gasteiger partial charge in [-0.1, -0.05) is 42.5 Å². The Morgan fingerprint density at radius 1 is 1.15 bits per heavy atom. The summed E-state index contributed by atoms with van der Waals surface area (Å²) in [6.07, 6.45) is -0.123. The molecule has 2 aromatic carbocycles. The van der Waals surface area contributed by atoms with Crippen LogP contribution in [0.2, 0.25) is 0 Å². The summed E-state index contributed by atoms with van der Waals surface area (Å²) in [5, 5.41) is 5.71. The number of aryl methyl sites for hydroxylation is 1. The number of amides is 2. The van der Waals surface area contributed by atoms with E-state index >= 15 is 0 Å². The Hall–Kier alpha value is -2.82. The molecule has 142 valence electrons. The van der Waals surface area contributed by atoms with Gasteiger partial charge >= 0.3 is 6.09 Å².